The fourth-order valence-electron chi connectivity index (χ4n) is 2.08. The summed E-state index contributed by atoms with van der Waals surface area (Å²) >= 11 is 0. The molecule has 0 bridgehead atoms. The van der Waals surface area contributed by atoms with Crippen LogP contribution in [0.2, 0.25) is 0 Å². The summed E-state index contributed by atoms with van der Waals surface area (Å²) in [5.41, 5.74) is 1.27. The van der Waals surface area contributed by atoms with E-state index in [0.717, 1.165) is 6.54 Å². The number of para-hydroxylation sites is 1. The van der Waals surface area contributed by atoms with Gasteiger partial charge in [-0.15, -0.1) is 0 Å². The Bertz CT molecular complexity index is 276. The minimum atomic E-state index is 0.447. The van der Waals surface area contributed by atoms with Gasteiger partial charge in [0.2, 0.25) is 0 Å². The summed E-state index contributed by atoms with van der Waals surface area (Å²) in [5.74, 6) is 5.12. The van der Waals surface area contributed by atoms with Gasteiger partial charge in [0.1, 0.15) is 0 Å². The van der Waals surface area contributed by atoms with Gasteiger partial charge in [-0.25, -0.2) is 5.90 Å². The molecule has 0 aliphatic carbocycles. The highest BCUT2D eigenvalue weighted by Gasteiger charge is 2.24. The van der Waals surface area contributed by atoms with E-state index in [4.69, 9.17) is 10.7 Å². The van der Waals surface area contributed by atoms with Crippen LogP contribution in [0.3, 0.4) is 0 Å². The van der Waals surface area contributed by atoms with Crippen LogP contribution in [-0.2, 0) is 4.84 Å². The molecule has 2 rings (SSSR count). The van der Waals surface area contributed by atoms with Crippen molar-refractivity contribution in [3.05, 3.63) is 30.3 Å². The number of anilines is 1. The number of hydrogen-bond donors (Lipinski definition) is 1. The van der Waals surface area contributed by atoms with Gasteiger partial charge >= 0.3 is 0 Å². The summed E-state index contributed by atoms with van der Waals surface area (Å²) in [6, 6.07) is 10.9. The third-order valence-corrected chi connectivity index (χ3v) is 2.75. The van der Waals surface area contributed by atoms with E-state index in [1.165, 1.54) is 18.5 Å². The number of rotatable bonds is 3. The average molecular weight is 192 g/mol. The molecule has 3 heteroatoms. The maximum atomic E-state index is 5.12. The lowest BCUT2D eigenvalue weighted by Gasteiger charge is -2.25. The summed E-state index contributed by atoms with van der Waals surface area (Å²) < 4.78 is 0. The summed E-state index contributed by atoms with van der Waals surface area (Å²) in [6.45, 7) is 1.73. The van der Waals surface area contributed by atoms with Crippen molar-refractivity contribution in [2.45, 2.75) is 18.9 Å². The van der Waals surface area contributed by atoms with Crippen molar-refractivity contribution < 1.29 is 4.84 Å². The molecule has 14 heavy (non-hydrogen) atoms. The molecule has 1 aliphatic rings. The Morgan fingerprint density at radius 3 is 2.86 bits per heavy atom. The van der Waals surface area contributed by atoms with Crippen LogP contribution in [0.5, 0.6) is 0 Å². The Balaban J connectivity index is 2.10. The van der Waals surface area contributed by atoms with Crippen LogP contribution in [0.1, 0.15) is 12.8 Å². The largest absolute Gasteiger partial charge is 0.366 e. The molecule has 76 valence electrons. The lowest BCUT2D eigenvalue weighted by Crippen LogP contribution is -2.33. The van der Waals surface area contributed by atoms with Gasteiger partial charge in [-0.2, -0.15) is 0 Å². The molecule has 0 amide bonds. The van der Waals surface area contributed by atoms with Crippen molar-refractivity contribution in [3.8, 4) is 0 Å². The second-order valence-electron chi connectivity index (χ2n) is 3.66. The van der Waals surface area contributed by atoms with E-state index >= 15 is 0 Å². The topological polar surface area (TPSA) is 38.5 Å². The molecule has 1 aromatic rings. The van der Waals surface area contributed by atoms with E-state index < -0.39 is 0 Å². The highest BCUT2D eigenvalue weighted by molar-refractivity contribution is 5.48. The highest BCUT2D eigenvalue weighted by atomic mass is 16.6. The molecular weight excluding hydrogens is 176 g/mol. The molecule has 0 spiro atoms. The Morgan fingerprint density at radius 2 is 2.14 bits per heavy atom. The van der Waals surface area contributed by atoms with E-state index in [-0.39, 0.29) is 0 Å². The van der Waals surface area contributed by atoms with E-state index in [2.05, 4.69) is 29.2 Å². The van der Waals surface area contributed by atoms with Crippen molar-refractivity contribution in [2.75, 3.05) is 18.1 Å². The number of nitrogens with two attached hydrogens (primary N) is 1. The van der Waals surface area contributed by atoms with E-state index in [9.17, 15) is 0 Å². The third-order valence-electron chi connectivity index (χ3n) is 2.75. The zero-order chi connectivity index (χ0) is 9.80. The fourth-order valence-corrected chi connectivity index (χ4v) is 2.08. The minimum Gasteiger partial charge on any atom is -0.366 e. The van der Waals surface area contributed by atoms with Gasteiger partial charge in [-0.1, -0.05) is 18.2 Å². The summed E-state index contributed by atoms with van der Waals surface area (Å²) in [7, 11) is 0. The number of hydrogen-bond acceptors (Lipinski definition) is 3. The quantitative estimate of drug-likeness (QED) is 0.738. The third kappa shape index (κ3) is 1.89. The van der Waals surface area contributed by atoms with Crippen molar-refractivity contribution in [2.24, 2.45) is 5.90 Å². The Kier molecular flexibility index (Phi) is 3.01. The molecular formula is C11H16N2O. The van der Waals surface area contributed by atoms with Crippen LogP contribution in [0.25, 0.3) is 0 Å². The van der Waals surface area contributed by atoms with Crippen LogP contribution in [-0.4, -0.2) is 19.2 Å². The van der Waals surface area contributed by atoms with Gasteiger partial charge in [0.05, 0.1) is 12.6 Å². The lowest BCUT2D eigenvalue weighted by atomic mass is 10.2. The zero-order valence-corrected chi connectivity index (χ0v) is 8.23. The first-order valence-corrected chi connectivity index (χ1v) is 5.05. The average Bonchev–Trinajstić information content (AvgIpc) is 2.68. The van der Waals surface area contributed by atoms with E-state index in [1.54, 1.807) is 0 Å². The molecule has 0 radical (unpaired) electrons. The first-order valence-electron chi connectivity index (χ1n) is 5.05. The van der Waals surface area contributed by atoms with Crippen molar-refractivity contribution in [1.29, 1.82) is 0 Å². The molecule has 0 saturated carbocycles. The minimum absolute atomic E-state index is 0.447. The zero-order valence-electron chi connectivity index (χ0n) is 8.23. The summed E-state index contributed by atoms with van der Waals surface area (Å²) in [4.78, 5) is 7.10. The molecule has 1 atom stereocenters. The predicted octanol–water partition coefficient (Wildman–Crippen LogP) is 1.55. The van der Waals surface area contributed by atoms with Crippen molar-refractivity contribution in [3.63, 3.8) is 0 Å². The Labute approximate surface area is 84.4 Å². The smallest absolute Gasteiger partial charge is 0.0882 e. The van der Waals surface area contributed by atoms with Gasteiger partial charge < -0.3 is 9.74 Å². The first kappa shape index (κ1) is 9.49. The van der Waals surface area contributed by atoms with Crippen LogP contribution >= 0.6 is 0 Å². The molecule has 0 aromatic heterocycles. The van der Waals surface area contributed by atoms with E-state index in [1.807, 2.05) is 6.07 Å². The summed E-state index contributed by atoms with van der Waals surface area (Å²) in [5, 5.41) is 0. The second kappa shape index (κ2) is 4.44. The maximum absolute atomic E-state index is 5.12. The van der Waals surface area contributed by atoms with Gasteiger partial charge in [-0.05, 0) is 25.0 Å². The predicted molar refractivity (Wildman–Crippen MR) is 56.9 cm³/mol. The van der Waals surface area contributed by atoms with Gasteiger partial charge in [0.15, 0.2) is 0 Å². The molecule has 1 heterocycles. The van der Waals surface area contributed by atoms with Crippen molar-refractivity contribution in [1.82, 2.24) is 0 Å². The van der Waals surface area contributed by atoms with Gasteiger partial charge in [0.25, 0.3) is 0 Å². The molecule has 1 aromatic carbocycles. The fraction of sp³-hybridized carbons (Fsp3) is 0.455. The van der Waals surface area contributed by atoms with Gasteiger partial charge in [0, 0.05) is 12.2 Å². The molecule has 1 fully saturated rings. The monoisotopic (exact) mass is 192 g/mol. The Hall–Kier alpha value is -1.06. The van der Waals surface area contributed by atoms with Crippen molar-refractivity contribution >= 4 is 5.69 Å². The SMILES string of the molecule is NOCC1CCCN1c1ccccc1. The van der Waals surface area contributed by atoms with Crippen LogP contribution in [0.4, 0.5) is 5.69 Å². The standard InChI is InChI=1S/C11H16N2O/c12-14-9-11-7-4-8-13(11)10-5-2-1-3-6-10/h1-3,5-6,11H,4,7-9,12H2. The molecule has 1 unspecified atom stereocenters. The molecule has 1 aliphatic heterocycles. The second-order valence-corrected chi connectivity index (χ2v) is 3.66. The first-order chi connectivity index (χ1) is 6.92. The normalized spacial score (nSPS) is 21.5. The maximum Gasteiger partial charge on any atom is 0.0882 e. The number of nitrogens with zero attached hydrogens (tertiary/aromatic N) is 1. The van der Waals surface area contributed by atoms with Gasteiger partial charge in [-0.3, -0.25) is 0 Å². The molecule has 3 nitrogen and oxygen atoms in total. The molecule has 1 saturated heterocycles. The van der Waals surface area contributed by atoms with Crippen LogP contribution in [0, 0.1) is 0 Å². The Morgan fingerprint density at radius 1 is 1.36 bits per heavy atom. The van der Waals surface area contributed by atoms with E-state index in [0.29, 0.717) is 12.6 Å². The van der Waals surface area contributed by atoms with Crippen LogP contribution < -0.4 is 10.8 Å². The number of benzene rings is 1. The lowest BCUT2D eigenvalue weighted by molar-refractivity contribution is 0.124. The molecule has 2 N–H and O–H groups in total. The van der Waals surface area contributed by atoms with Crippen LogP contribution in [0.15, 0.2) is 30.3 Å². The summed E-state index contributed by atoms with van der Waals surface area (Å²) in [6.07, 6.45) is 2.40. The highest BCUT2D eigenvalue weighted by Crippen LogP contribution is 2.24.